The van der Waals surface area contributed by atoms with Crippen molar-refractivity contribution in [3.63, 3.8) is 0 Å². The van der Waals surface area contributed by atoms with E-state index in [4.69, 9.17) is 0 Å². The highest BCUT2D eigenvalue weighted by Gasteiger charge is 2.79. The maximum atomic E-state index is 14.4. The van der Waals surface area contributed by atoms with Crippen molar-refractivity contribution in [2.24, 2.45) is 0 Å². The zero-order chi connectivity index (χ0) is 32.9. The number of fused-ring (bicyclic) bond motifs is 1. The fourth-order valence-electron chi connectivity index (χ4n) is 5.53. The van der Waals surface area contributed by atoms with Crippen LogP contribution in [-0.4, -0.2) is 66.5 Å². The summed E-state index contributed by atoms with van der Waals surface area (Å²) < 4.78 is 124. The van der Waals surface area contributed by atoms with Crippen LogP contribution < -0.4 is 5.32 Å². The van der Waals surface area contributed by atoms with Gasteiger partial charge in [-0.3, -0.25) is 9.59 Å². The molecule has 0 fully saturated rings. The number of halogens is 7. The third kappa shape index (κ3) is 5.62. The SMILES string of the molecule is CCC(=O)N1CCc2cc(S(C)(=O)=O)ccc2C1C(=O)NC1(C(O)(C(F)(F)F)C(F)(F)F)C=CC(c2ccccc2F)=CC1. The van der Waals surface area contributed by atoms with Crippen LogP contribution in [0.3, 0.4) is 0 Å². The Hall–Kier alpha value is -3.72. The molecule has 1 heterocycles. The number of alkyl halides is 6. The Kier molecular flexibility index (Phi) is 8.54. The number of benzene rings is 2. The van der Waals surface area contributed by atoms with Crippen LogP contribution >= 0.6 is 0 Å². The molecule has 4 rings (SSSR count). The van der Waals surface area contributed by atoms with E-state index in [1.54, 1.807) is 5.32 Å². The second-order valence-electron chi connectivity index (χ2n) is 10.6. The molecule has 2 N–H and O–H groups in total. The third-order valence-corrected chi connectivity index (χ3v) is 8.94. The molecule has 2 amide bonds. The zero-order valence-corrected chi connectivity index (χ0v) is 24.1. The number of aliphatic hydroxyl groups is 1. The molecule has 2 atom stereocenters. The molecule has 238 valence electrons. The van der Waals surface area contributed by atoms with Gasteiger partial charge in [-0.1, -0.05) is 49.4 Å². The molecule has 15 heteroatoms. The average Bonchev–Trinajstić information content (AvgIpc) is 2.94. The Balaban J connectivity index is 1.87. The second-order valence-corrected chi connectivity index (χ2v) is 12.6. The lowest BCUT2D eigenvalue weighted by Gasteiger charge is -2.48. The number of allylic oxidation sites excluding steroid dienone is 2. The molecule has 1 aliphatic heterocycles. The van der Waals surface area contributed by atoms with Gasteiger partial charge in [0.25, 0.3) is 5.60 Å². The van der Waals surface area contributed by atoms with Gasteiger partial charge in [0, 0.05) is 24.8 Å². The fourth-order valence-corrected chi connectivity index (χ4v) is 6.20. The van der Waals surface area contributed by atoms with Gasteiger partial charge >= 0.3 is 12.4 Å². The molecule has 7 nitrogen and oxygen atoms in total. The Morgan fingerprint density at radius 2 is 1.70 bits per heavy atom. The molecule has 0 radical (unpaired) electrons. The van der Waals surface area contributed by atoms with Crippen molar-refractivity contribution in [3.05, 3.63) is 83.2 Å². The van der Waals surface area contributed by atoms with Gasteiger partial charge in [-0.05, 0) is 47.7 Å². The normalized spacial score (nSPS) is 21.0. The van der Waals surface area contributed by atoms with Crippen LogP contribution in [0.5, 0.6) is 0 Å². The highest BCUT2D eigenvalue weighted by atomic mass is 32.2. The van der Waals surface area contributed by atoms with E-state index < -0.39 is 63.4 Å². The van der Waals surface area contributed by atoms with Crippen molar-refractivity contribution in [3.8, 4) is 0 Å². The number of carbonyl (C=O) groups is 2. The lowest BCUT2D eigenvalue weighted by Crippen LogP contribution is -2.76. The molecule has 1 aliphatic carbocycles. The molecule has 2 aromatic rings. The number of rotatable bonds is 6. The molecule has 0 aromatic heterocycles. The van der Waals surface area contributed by atoms with Crippen molar-refractivity contribution < 1.29 is 53.8 Å². The van der Waals surface area contributed by atoms with Gasteiger partial charge < -0.3 is 15.3 Å². The second kappa shape index (κ2) is 11.3. The van der Waals surface area contributed by atoms with Crippen LogP contribution in [0.2, 0.25) is 0 Å². The van der Waals surface area contributed by atoms with Crippen molar-refractivity contribution in [1.82, 2.24) is 10.2 Å². The highest BCUT2D eigenvalue weighted by Crippen LogP contribution is 2.53. The van der Waals surface area contributed by atoms with Gasteiger partial charge in [0.15, 0.2) is 9.84 Å². The first-order valence-electron chi connectivity index (χ1n) is 13.2. The third-order valence-electron chi connectivity index (χ3n) is 7.83. The minimum absolute atomic E-state index is 0.0111. The number of hydrogen-bond acceptors (Lipinski definition) is 5. The van der Waals surface area contributed by atoms with Gasteiger partial charge in [-0.2, -0.15) is 26.3 Å². The molecule has 0 spiro atoms. The lowest BCUT2D eigenvalue weighted by atomic mass is 9.72. The average molecular weight is 649 g/mol. The van der Waals surface area contributed by atoms with Gasteiger partial charge in [0.2, 0.25) is 11.8 Å². The van der Waals surface area contributed by atoms with Gasteiger partial charge in [-0.15, -0.1) is 0 Å². The summed E-state index contributed by atoms with van der Waals surface area (Å²) in [6.07, 6.45) is -11.3. The number of amides is 2. The Morgan fingerprint density at radius 1 is 1.07 bits per heavy atom. The molecule has 2 unspecified atom stereocenters. The van der Waals surface area contributed by atoms with Crippen molar-refractivity contribution in [2.75, 3.05) is 12.8 Å². The molecule has 0 bridgehead atoms. The summed E-state index contributed by atoms with van der Waals surface area (Å²) in [6.45, 7) is 1.24. The van der Waals surface area contributed by atoms with Crippen molar-refractivity contribution in [2.45, 2.75) is 60.6 Å². The van der Waals surface area contributed by atoms with Crippen LogP contribution in [0.4, 0.5) is 30.7 Å². The quantitative estimate of drug-likeness (QED) is 0.438. The molecule has 0 saturated carbocycles. The van der Waals surface area contributed by atoms with Gasteiger partial charge in [-0.25, -0.2) is 12.8 Å². The summed E-state index contributed by atoms with van der Waals surface area (Å²) in [5.74, 6) is -2.96. The number of nitrogens with one attached hydrogen (secondary N) is 1. The monoisotopic (exact) mass is 648 g/mol. The minimum Gasteiger partial charge on any atom is -0.372 e. The predicted molar refractivity (Wildman–Crippen MR) is 144 cm³/mol. The van der Waals surface area contributed by atoms with E-state index >= 15 is 0 Å². The largest absolute Gasteiger partial charge is 0.429 e. The lowest BCUT2D eigenvalue weighted by molar-refractivity contribution is -0.385. The zero-order valence-electron chi connectivity index (χ0n) is 23.3. The summed E-state index contributed by atoms with van der Waals surface area (Å²) in [6, 6.07) is 6.73. The summed E-state index contributed by atoms with van der Waals surface area (Å²) in [5, 5.41) is 12.4. The fraction of sp³-hybridized carbons (Fsp3) is 0.379. The maximum Gasteiger partial charge on any atom is 0.429 e. The summed E-state index contributed by atoms with van der Waals surface area (Å²) in [4.78, 5) is 27.5. The topological polar surface area (TPSA) is 104 Å². The number of sulfone groups is 1. The molecule has 44 heavy (non-hydrogen) atoms. The van der Waals surface area contributed by atoms with E-state index in [0.717, 1.165) is 35.4 Å². The molecular formula is C29H27F7N2O5S. The van der Waals surface area contributed by atoms with E-state index in [1.165, 1.54) is 37.3 Å². The first kappa shape index (κ1) is 33.2. The van der Waals surface area contributed by atoms with Crippen molar-refractivity contribution in [1.29, 1.82) is 0 Å². The van der Waals surface area contributed by atoms with E-state index in [2.05, 4.69) is 0 Å². The van der Waals surface area contributed by atoms with Crippen LogP contribution in [0.25, 0.3) is 5.57 Å². The minimum atomic E-state index is -6.38. The van der Waals surface area contributed by atoms with E-state index in [-0.39, 0.29) is 46.5 Å². The summed E-state index contributed by atoms with van der Waals surface area (Å²) in [5.41, 5.74) is -9.14. The Labute approximate surface area is 248 Å². The predicted octanol–water partition coefficient (Wildman–Crippen LogP) is 4.82. The van der Waals surface area contributed by atoms with E-state index in [9.17, 15) is 53.8 Å². The Morgan fingerprint density at radius 3 is 2.23 bits per heavy atom. The number of nitrogens with zero attached hydrogens (tertiary/aromatic N) is 1. The van der Waals surface area contributed by atoms with Crippen molar-refractivity contribution >= 4 is 27.2 Å². The Bertz CT molecular complexity index is 1640. The number of carbonyl (C=O) groups excluding carboxylic acids is 2. The first-order valence-corrected chi connectivity index (χ1v) is 15.1. The van der Waals surface area contributed by atoms with E-state index in [1.807, 2.05) is 0 Å². The molecule has 2 aromatic carbocycles. The summed E-state index contributed by atoms with van der Waals surface area (Å²) in [7, 11) is -3.73. The van der Waals surface area contributed by atoms with Crippen LogP contribution in [0, 0.1) is 5.82 Å². The maximum absolute atomic E-state index is 14.4. The standard InChI is InChI=1S/C29H27F7N2O5S/c1-3-23(39)38-15-12-18-16-19(44(2,42)43)8-9-21(18)24(38)25(40)37-26(27(41,28(31,32)33)29(34,35)36)13-10-17(11-14-26)20-6-4-5-7-22(20)30/h4-11,13,16,24,41H,3,12,14-15H2,1-2H3,(H,37,40). The first-order chi connectivity index (χ1) is 20.3. The smallest absolute Gasteiger partial charge is 0.372 e. The molecular weight excluding hydrogens is 621 g/mol. The molecule has 2 aliphatic rings. The highest BCUT2D eigenvalue weighted by molar-refractivity contribution is 7.90. The number of hydrogen-bond donors (Lipinski definition) is 2. The van der Waals surface area contributed by atoms with Crippen LogP contribution in [0.1, 0.15) is 42.5 Å². The van der Waals surface area contributed by atoms with Gasteiger partial charge in [0.1, 0.15) is 17.4 Å². The van der Waals surface area contributed by atoms with Crippen LogP contribution in [0.15, 0.2) is 65.6 Å². The summed E-state index contributed by atoms with van der Waals surface area (Å²) >= 11 is 0. The van der Waals surface area contributed by atoms with E-state index in [0.29, 0.717) is 6.08 Å². The molecule has 0 saturated heterocycles. The van der Waals surface area contributed by atoms with Gasteiger partial charge in [0.05, 0.1) is 4.90 Å². The van der Waals surface area contributed by atoms with Crippen LogP contribution in [-0.2, 0) is 25.8 Å².